The molecular weight excluding hydrogens is 388 g/mol. The van der Waals surface area contributed by atoms with Crippen LogP contribution in [0.2, 0.25) is 0 Å². The summed E-state index contributed by atoms with van der Waals surface area (Å²) in [4.78, 5) is 12.5. The first-order valence-corrected chi connectivity index (χ1v) is 11.4. The SMILES string of the molecule is CC(C)c1ccccc1OCC(=O)Nc1ccc(S(=O)(=O)N2CCCCC2)cc1. The van der Waals surface area contributed by atoms with Crippen LogP contribution < -0.4 is 10.1 Å². The lowest BCUT2D eigenvalue weighted by Crippen LogP contribution is -2.35. The van der Waals surface area contributed by atoms with E-state index in [2.05, 4.69) is 19.2 Å². The Labute approximate surface area is 172 Å². The zero-order valence-electron chi connectivity index (χ0n) is 16.9. The molecule has 0 radical (unpaired) electrons. The van der Waals surface area contributed by atoms with Crippen molar-refractivity contribution in [2.45, 2.75) is 43.9 Å². The summed E-state index contributed by atoms with van der Waals surface area (Å²) in [5.74, 6) is 0.694. The van der Waals surface area contributed by atoms with Gasteiger partial charge in [-0.05, 0) is 54.7 Å². The van der Waals surface area contributed by atoms with Gasteiger partial charge in [-0.15, -0.1) is 0 Å². The van der Waals surface area contributed by atoms with Crippen LogP contribution in [0.3, 0.4) is 0 Å². The van der Waals surface area contributed by atoms with Crippen molar-refractivity contribution in [2.75, 3.05) is 25.0 Å². The number of carbonyl (C=O) groups is 1. The van der Waals surface area contributed by atoms with Gasteiger partial charge in [-0.1, -0.05) is 38.5 Å². The van der Waals surface area contributed by atoms with E-state index in [1.54, 1.807) is 12.1 Å². The summed E-state index contributed by atoms with van der Waals surface area (Å²) in [6.07, 6.45) is 2.86. The largest absolute Gasteiger partial charge is 0.483 e. The number of nitrogens with zero attached hydrogens (tertiary/aromatic N) is 1. The summed E-state index contributed by atoms with van der Waals surface area (Å²) in [5, 5.41) is 2.75. The monoisotopic (exact) mass is 416 g/mol. The molecule has 0 aromatic heterocycles. The minimum absolute atomic E-state index is 0.114. The summed E-state index contributed by atoms with van der Waals surface area (Å²) >= 11 is 0. The van der Waals surface area contributed by atoms with Gasteiger partial charge in [-0.25, -0.2) is 8.42 Å². The Morgan fingerprint density at radius 1 is 1.03 bits per heavy atom. The molecule has 1 aliphatic heterocycles. The molecule has 7 heteroatoms. The van der Waals surface area contributed by atoms with Gasteiger partial charge < -0.3 is 10.1 Å². The summed E-state index contributed by atoms with van der Waals surface area (Å²) in [7, 11) is -3.47. The standard InChI is InChI=1S/C22H28N2O4S/c1-17(2)20-8-4-5-9-21(20)28-16-22(25)23-18-10-12-19(13-11-18)29(26,27)24-14-6-3-7-15-24/h4-5,8-13,17H,3,6-7,14-16H2,1-2H3,(H,23,25). The second-order valence-corrected chi connectivity index (χ2v) is 9.46. The van der Waals surface area contributed by atoms with E-state index in [4.69, 9.17) is 4.74 Å². The van der Waals surface area contributed by atoms with Crippen molar-refractivity contribution in [1.82, 2.24) is 4.31 Å². The van der Waals surface area contributed by atoms with Crippen LogP contribution in [0.25, 0.3) is 0 Å². The van der Waals surface area contributed by atoms with Crippen molar-refractivity contribution in [3.8, 4) is 5.75 Å². The molecule has 1 N–H and O–H groups in total. The summed E-state index contributed by atoms with van der Waals surface area (Å²) in [5.41, 5.74) is 1.58. The number of hydrogen-bond donors (Lipinski definition) is 1. The Morgan fingerprint density at radius 2 is 1.69 bits per heavy atom. The second-order valence-electron chi connectivity index (χ2n) is 7.52. The Kier molecular flexibility index (Phi) is 6.92. The summed E-state index contributed by atoms with van der Waals surface area (Å²) in [6.45, 7) is 5.16. The number of piperidine rings is 1. The number of amides is 1. The maximum absolute atomic E-state index is 12.7. The van der Waals surface area contributed by atoms with Crippen molar-refractivity contribution in [2.24, 2.45) is 0 Å². The number of sulfonamides is 1. The Hall–Kier alpha value is -2.38. The molecule has 1 amide bonds. The molecule has 29 heavy (non-hydrogen) atoms. The van der Waals surface area contributed by atoms with E-state index in [0.29, 0.717) is 30.4 Å². The predicted molar refractivity (Wildman–Crippen MR) is 114 cm³/mol. The molecular formula is C22H28N2O4S. The topological polar surface area (TPSA) is 75.7 Å². The molecule has 2 aromatic rings. The fraction of sp³-hybridized carbons (Fsp3) is 0.409. The van der Waals surface area contributed by atoms with Crippen LogP contribution in [-0.4, -0.2) is 38.3 Å². The molecule has 3 rings (SSSR count). The van der Waals surface area contributed by atoms with Gasteiger partial charge in [0.15, 0.2) is 6.61 Å². The lowest BCUT2D eigenvalue weighted by molar-refractivity contribution is -0.118. The summed E-state index contributed by atoms with van der Waals surface area (Å²) < 4.78 is 32.6. The molecule has 0 spiro atoms. The highest BCUT2D eigenvalue weighted by Crippen LogP contribution is 2.26. The predicted octanol–water partition coefficient (Wildman–Crippen LogP) is 4.00. The van der Waals surface area contributed by atoms with Crippen molar-refractivity contribution in [3.63, 3.8) is 0 Å². The molecule has 0 atom stereocenters. The van der Waals surface area contributed by atoms with Crippen LogP contribution in [0.1, 0.15) is 44.6 Å². The first-order valence-electron chi connectivity index (χ1n) is 10.00. The minimum Gasteiger partial charge on any atom is -0.483 e. The van der Waals surface area contributed by atoms with Crippen molar-refractivity contribution >= 4 is 21.6 Å². The Balaban J connectivity index is 1.59. The normalized spacial score (nSPS) is 15.3. The molecule has 2 aromatic carbocycles. The molecule has 6 nitrogen and oxygen atoms in total. The molecule has 1 fully saturated rings. The number of carbonyl (C=O) groups excluding carboxylic acids is 1. The lowest BCUT2D eigenvalue weighted by atomic mass is 10.0. The molecule has 1 aliphatic rings. The Bertz CT molecular complexity index is 934. The van der Waals surface area contributed by atoms with Gasteiger partial charge in [0.2, 0.25) is 10.0 Å². The lowest BCUT2D eigenvalue weighted by Gasteiger charge is -2.25. The summed E-state index contributed by atoms with van der Waals surface area (Å²) in [6, 6.07) is 13.9. The maximum Gasteiger partial charge on any atom is 0.262 e. The van der Waals surface area contributed by atoms with Crippen LogP contribution in [0.15, 0.2) is 53.4 Å². The van der Waals surface area contributed by atoms with Gasteiger partial charge in [-0.2, -0.15) is 4.31 Å². The quantitative estimate of drug-likeness (QED) is 0.740. The van der Waals surface area contributed by atoms with Crippen LogP contribution >= 0.6 is 0 Å². The zero-order valence-corrected chi connectivity index (χ0v) is 17.7. The van der Waals surface area contributed by atoms with E-state index in [-0.39, 0.29) is 17.4 Å². The molecule has 0 aliphatic carbocycles. The van der Waals surface area contributed by atoms with Crippen LogP contribution in [-0.2, 0) is 14.8 Å². The third kappa shape index (κ3) is 5.36. The van der Waals surface area contributed by atoms with Gasteiger partial charge in [0.1, 0.15) is 5.75 Å². The van der Waals surface area contributed by atoms with Gasteiger partial charge >= 0.3 is 0 Å². The van der Waals surface area contributed by atoms with Gasteiger partial charge in [-0.3, -0.25) is 4.79 Å². The maximum atomic E-state index is 12.7. The van der Waals surface area contributed by atoms with Crippen LogP contribution in [0.5, 0.6) is 5.75 Å². The molecule has 156 valence electrons. The third-order valence-electron chi connectivity index (χ3n) is 4.99. The van der Waals surface area contributed by atoms with E-state index < -0.39 is 10.0 Å². The average Bonchev–Trinajstić information content (AvgIpc) is 2.73. The van der Waals surface area contributed by atoms with E-state index in [0.717, 1.165) is 24.8 Å². The number of ether oxygens (including phenoxy) is 1. The number of anilines is 1. The molecule has 0 unspecified atom stereocenters. The van der Waals surface area contributed by atoms with Crippen molar-refractivity contribution in [3.05, 3.63) is 54.1 Å². The second kappa shape index (κ2) is 9.41. The smallest absolute Gasteiger partial charge is 0.262 e. The number of benzene rings is 2. The van der Waals surface area contributed by atoms with Crippen molar-refractivity contribution in [1.29, 1.82) is 0 Å². The molecule has 0 saturated carbocycles. The van der Waals surface area contributed by atoms with E-state index in [1.165, 1.54) is 16.4 Å². The minimum atomic E-state index is -3.47. The molecule has 1 heterocycles. The molecule has 0 bridgehead atoms. The van der Waals surface area contributed by atoms with E-state index in [1.807, 2.05) is 24.3 Å². The highest BCUT2D eigenvalue weighted by Gasteiger charge is 2.25. The first-order chi connectivity index (χ1) is 13.9. The van der Waals surface area contributed by atoms with Crippen LogP contribution in [0.4, 0.5) is 5.69 Å². The van der Waals surface area contributed by atoms with E-state index >= 15 is 0 Å². The fourth-order valence-corrected chi connectivity index (χ4v) is 4.91. The van der Waals surface area contributed by atoms with E-state index in [9.17, 15) is 13.2 Å². The highest BCUT2D eigenvalue weighted by molar-refractivity contribution is 7.89. The number of rotatable bonds is 7. The third-order valence-corrected chi connectivity index (χ3v) is 6.90. The average molecular weight is 417 g/mol. The highest BCUT2D eigenvalue weighted by atomic mass is 32.2. The fourth-order valence-electron chi connectivity index (χ4n) is 3.39. The number of nitrogens with one attached hydrogen (secondary N) is 1. The number of hydrogen-bond acceptors (Lipinski definition) is 4. The van der Waals surface area contributed by atoms with Gasteiger partial charge in [0.25, 0.3) is 5.91 Å². The number of para-hydroxylation sites is 1. The van der Waals surface area contributed by atoms with Gasteiger partial charge in [0, 0.05) is 18.8 Å². The van der Waals surface area contributed by atoms with Crippen LogP contribution in [0, 0.1) is 0 Å². The Morgan fingerprint density at radius 3 is 2.34 bits per heavy atom. The zero-order chi connectivity index (χ0) is 20.9. The first kappa shape index (κ1) is 21.3. The molecule has 1 saturated heterocycles. The van der Waals surface area contributed by atoms with Crippen molar-refractivity contribution < 1.29 is 17.9 Å². The van der Waals surface area contributed by atoms with Gasteiger partial charge in [0.05, 0.1) is 4.90 Å².